The molecular weight excluding hydrogens is 820 g/mol. The maximum absolute atomic E-state index is 13.7. The normalized spacial score (nSPS) is 30.4. The van der Waals surface area contributed by atoms with E-state index in [-0.39, 0.29) is 6.42 Å². The van der Waals surface area contributed by atoms with Gasteiger partial charge in [-0.2, -0.15) is 0 Å². The predicted octanol–water partition coefficient (Wildman–Crippen LogP) is 3.62. The quantitative estimate of drug-likeness (QED) is 0.159. The summed E-state index contributed by atoms with van der Waals surface area (Å²) in [7, 11) is 0. The van der Waals surface area contributed by atoms with Crippen molar-refractivity contribution >= 4 is 47.8 Å². The lowest BCUT2D eigenvalue weighted by Crippen LogP contribution is -2.67. The summed E-state index contributed by atoms with van der Waals surface area (Å²) in [6.45, 7) is 20.6. The number of carbonyl (C=O) groups is 8. The van der Waals surface area contributed by atoms with Gasteiger partial charge in [-0.1, -0.05) is 96.9 Å². The molecule has 0 N–H and O–H groups in total. The molecule has 62 heavy (non-hydrogen) atoms. The van der Waals surface area contributed by atoms with Gasteiger partial charge in [-0.25, -0.2) is 0 Å². The molecule has 352 valence electrons. The molecule has 3 heterocycles. The van der Waals surface area contributed by atoms with Crippen LogP contribution in [0.25, 0.3) is 0 Å². The monoisotopic (exact) mass is 886 g/mol. The molecule has 19 nitrogen and oxygen atoms in total. The van der Waals surface area contributed by atoms with Crippen LogP contribution in [-0.2, 0) is 90.5 Å². The van der Waals surface area contributed by atoms with Crippen LogP contribution >= 0.6 is 0 Å². The first-order chi connectivity index (χ1) is 28.8. The largest absolute Gasteiger partial charge is 0.463 e. The molecule has 3 rings (SSSR count). The zero-order valence-electron chi connectivity index (χ0n) is 38.3. The Morgan fingerprint density at radius 1 is 0.468 bits per heavy atom. The van der Waals surface area contributed by atoms with Gasteiger partial charge in [-0.05, 0) is 6.42 Å². The zero-order valence-corrected chi connectivity index (χ0v) is 38.3. The molecule has 0 aromatic carbocycles. The molecule has 19 heteroatoms. The molecule has 0 saturated carbocycles. The van der Waals surface area contributed by atoms with Crippen LogP contribution in [0.15, 0.2) is 0 Å². The first kappa shape index (κ1) is 52.0. The van der Waals surface area contributed by atoms with Crippen LogP contribution in [0.5, 0.6) is 0 Å². The predicted molar refractivity (Wildman–Crippen MR) is 212 cm³/mol. The van der Waals surface area contributed by atoms with E-state index in [0.717, 1.165) is 0 Å². The molecule has 0 radical (unpaired) electrons. The van der Waals surface area contributed by atoms with E-state index in [1.54, 1.807) is 69.2 Å². The van der Waals surface area contributed by atoms with Gasteiger partial charge in [-0.15, -0.1) is 0 Å². The van der Waals surface area contributed by atoms with Gasteiger partial charge >= 0.3 is 47.8 Å². The Morgan fingerprint density at radius 3 is 1.24 bits per heavy atom. The van der Waals surface area contributed by atoms with E-state index in [1.165, 1.54) is 27.7 Å². The van der Waals surface area contributed by atoms with Crippen LogP contribution in [0.1, 0.15) is 103 Å². The summed E-state index contributed by atoms with van der Waals surface area (Å²) in [5.41, 5.74) is 0. The topological polar surface area (TPSA) is 238 Å². The van der Waals surface area contributed by atoms with Crippen LogP contribution in [0.3, 0.4) is 0 Å². The minimum atomic E-state index is -1.88. The lowest BCUT2D eigenvalue weighted by molar-refractivity contribution is -0.378. The van der Waals surface area contributed by atoms with Crippen molar-refractivity contribution in [2.45, 2.75) is 165 Å². The number of rotatable bonds is 16. The third-order valence-electron chi connectivity index (χ3n) is 10.1. The van der Waals surface area contributed by atoms with Gasteiger partial charge in [0.15, 0.2) is 36.6 Å². The molecule has 0 aromatic heterocycles. The fraction of sp³-hybridized carbons (Fsp3) is 0.814. The number of esters is 8. The van der Waals surface area contributed by atoms with Gasteiger partial charge in [0.25, 0.3) is 0 Å². The first-order valence-corrected chi connectivity index (χ1v) is 21.4. The molecule has 0 aliphatic carbocycles. The van der Waals surface area contributed by atoms with Gasteiger partial charge in [0.05, 0.1) is 47.3 Å². The Balaban J connectivity index is 2.31. The number of ether oxygens (including phenoxy) is 11. The third kappa shape index (κ3) is 13.8. The second kappa shape index (κ2) is 22.8. The van der Waals surface area contributed by atoms with Crippen molar-refractivity contribution in [2.24, 2.45) is 47.3 Å². The van der Waals surface area contributed by atoms with E-state index in [4.69, 9.17) is 52.1 Å². The van der Waals surface area contributed by atoms with Crippen LogP contribution in [0, 0.1) is 47.3 Å². The molecule has 3 aliphatic rings. The van der Waals surface area contributed by atoms with Crippen LogP contribution in [0.2, 0.25) is 0 Å². The highest BCUT2D eigenvalue weighted by Gasteiger charge is 2.59. The summed E-state index contributed by atoms with van der Waals surface area (Å²) in [5, 5.41) is 0. The number of hydrogen-bond donors (Lipinski definition) is 0. The maximum Gasteiger partial charge on any atom is 0.309 e. The van der Waals surface area contributed by atoms with Gasteiger partial charge in [-0.3, -0.25) is 38.4 Å². The molecule has 0 amide bonds. The molecule has 0 aromatic rings. The molecule has 3 aliphatic heterocycles. The Labute approximate surface area is 363 Å². The van der Waals surface area contributed by atoms with Crippen molar-refractivity contribution in [3.05, 3.63) is 0 Å². The van der Waals surface area contributed by atoms with Gasteiger partial charge < -0.3 is 52.1 Å². The van der Waals surface area contributed by atoms with E-state index < -0.39 is 170 Å². The molecular formula is C43H66O19. The summed E-state index contributed by atoms with van der Waals surface area (Å²) < 4.78 is 65.9. The third-order valence-corrected chi connectivity index (χ3v) is 10.1. The van der Waals surface area contributed by atoms with E-state index >= 15 is 0 Å². The Morgan fingerprint density at radius 2 is 0.806 bits per heavy atom. The highest BCUT2D eigenvalue weighted by Crippen LogP contribution is 2.37. The smallest absolute Gasteiger partial charge is 0.309 e. The van der Waals surface area contributed by atoms with Crippen molar-refractivity contribution in [3.8, 4) is 0 Å². The van der Waals surface area contributed by atoms with E-state index in [2.05, 4.69) is 0 Å². The van der Waals surface area contributed by atoms with Crippen molar-refractivity contribution in [3.63, 3.8) is 0 Å². The average Bonchev–Trinajstić information content (AvgIpc) is 3.22. The zero-order chi connectivity index (χ0) is 46.9. The van der Waals surface area contributed by atoms with Gasteiger partial charge in [0, 0.05) is 0 Å². The van der Waals surface area contributed by atoms with Crippen LogP contribution in [-0.4, -0.2) is 122 Å². The van der Waals surface area contributed by atoms with Crippen molar-refractivity contribution in [1.82, 2.24) is 0 Å². The number of fused-ring (bicyclic) bond motifs is 1. The highest BCUT2D eigenvalue weighted by molar-refractivity contribution is 5.77. The second-order valence-electron chi connectivity index (χ2n) is 17.9. The van der Waals surface area contributed by atoms with Crippen molar-refractivity contribution in [1.29, 1.82) is 0 Å². The molecule has 3 saturated heterocycles. The summed E-state index contributed by atoms with van der Waals surface area (Å²) in [6.07, 6.45) is -16.6. The van der Waals surface area contributed by atoms with Crippen molar-refractivity contribution < 1.29 is 90.5 Å². The van der Waals surface area contributed by atoms with Crippen molar-refractivity contribution in [2.75, 3.05) is 13.2 Å². The van der Waals surface area contributed by atoms with Crippen LogP contribution < -0.4 is 0 Å². The van der Waals surface area contributed by atoms with E-state index in [0.29, 0.717) is 0 Å². The lowest BCUT2D eigenvalue weighted by Gasteiger charge is -2.48. The summed E-state index contributed by atoms with van der Waals surface area (Å²) in [5.74, 6) is -11.9. The molecule has 0 bridgehead atoms. The fourth-order valence-electron chi connectivity index (χ4n) is 6.15. The molecule has 12 atom stereocenters. The standard InChI is InChI=1S/C43H66O19/c1-18(2)34(44)52-16-26-28(56-36(46)20(5)6)30(58-37(47)21(7)8)32(60-38(48)22(9)10)42(54-26)62-43-33(61-39(49)23(11)12)31-29(27(55-43)17-53-35(45)19(3)4)57-40(50)24(13)15-25(14)41(51)59-31/h18-33,42-43H,15-17H2,1-14H3/t24?,25?,26?,27?,28-,29+,30?,31?,32?,33?,42-,43+/m1/s1. The summed E-state index contributed by atoms with van der Waals surface area (Å²) >= 11 is 0. The Hall–Kier alpha value is -4.36. The number of carbonyl (C=O) groups excluding carboxylic acids is 8. The van der Waals surface area contributed by atoms with Gasteiger partial charge in [0.1, 0.15) is 25.4 Å². The maximum atomic E-state index is 13.7. The average molecular weight is 887 g/mol. The summed E-state index contributed by atoms with van der Waals surface area (Å²) in [4.78, 5) is 106. The minimum absolute atomic E-state index is 0.0436. The Kier molecular flexibility index (Phi) is 19.1. The lowest BCUT2D eigenvalue weighted by atomic mass is 9.96. The molecule has 3 fully saturated rings. The number of hydrogen-bond acceptors (Lipinski definition) is 19. The fourth-order valence-corrected chi connectivity index (χ4v) is 6.15. The Bertz CT molecular complexity index is 1600. The SMILES string of the molecule is CC(C)C(=O)OCC1O[C@H](O[C@@H]2OC(COC(=O)C(C)C)[C@@H]3OC(=O)C(C)CC(C)C(=O)OC3C2OC(=O)C(C)C)C(OC(=O)C(C)C)C(OC(=O)C(C)C)[C@@H]1OC(=O)C(C)C. The first-order valence-electron chi connectivity index (χ1n) is 21.4. The molecule has 0 spiro atoms. The minimum Gasteiger partial charge on any atom is -0.463 e. The molecule has 8 unspecified atom stereocenters. The van der Waals surface area contributed by atoms with Gasteiger partial charge in [0.2, 0.25) is 12.6 Å². The van der Waals surface area contributed by atoms with E-state index in [9.17, 15) is 38.4 Å². The van der Waals surface area contributed by atoms with E-state index in [1.807, 2.05) is 0 Å². The second-order valence-corrected chi connectivity index (χ2v) is 17.9. The van der Waals surface area contributed by atoms with Crippen LogP contribution in [0.4, 0.5) is 0 Å². The highest BCUT2D eigenvalue weighted by atomic mass is 16.8. The summed E-state index contributed by atoms with van der Waals surface area (Å²) in [6, 6.07) is 0.